The van der Waals surface area contributed by atoms with Gasteiger partial charge in [-0.2, -0.15) is 18.4 Å². The van der Waals surface area contributed by atoms with E-state index in [-0.39, 0.29) is 0 Å². The third-order valence-corrected chi connectivity index (χ3v) is 2.73. The number of anilines is 2. The maximum atomic E-state index is 12.7. The first-order chi connectivity index (χ1) is 9.41. The molecule has 1 aromatic carbocycles. The molecular formula is C14H10F3N3. The van der Waals surface area contributed by atoms with Crippen molar-refractivity contribution < 1.29 is 13.2 Å². The number of nitrogens with one attached hydrogen (secondary N) is 1. The quantitative estimate of drug-likeness (QED) is 0.901. The van der Waals surface area contributed by atoms with Crippen molar-refractivity contribution in [3.05, 3.63) is 53.3 Å². The molecule has 6 heteroatoms. The molecule has 0 fully saturated rings. The molecule has 0 saturated heterocycles. The fraction of sp³-hybridized carbons (Fsp3) is 0.143. The smallest absolute Gasteiger partial charge is 0.354 e. The normalized spacial score (nSPS) is 10.9. The van der Waals surface area contributed by atoms with Crippen LogP contribution in [0.3, 0.4) is 0 Å². The zero-order valence-corrected chi connectivity index (χ0v) is 10.5. The summed E-state index contributed by atoms with van der Waals surface area (Å²) >= 11 is 0. The van der Waals surface area contributed by atoms with Crippen LogP contribution in [0.5, 0.6) is 0 Å². The van der Waals surface area contributed by atoms with Gasteiger partial charge in [0, 0.05) is 11.9 Å². The Balaban J connectivity index is 2.37. The molecular weight excluding hydrogens is 267 g/mol. The van der Waals surface area contributed by atoms with Gasteiger partial charge in [0.2, 0.25) is 0 Å². The molecule has 102 valence electrons. The zero-order chi connectivity index (χ0) is 14.8. The molecule has 0 spiro atoms. The van der Waals surface area contributed by atoms with Crippen molar-refractivity contribution in [2.45, 2.75) is 13.1 Å². The maximum Gasteiger partial charge on any atom is 0.417 e. The molecule has 1 N–H and O–H groups in total. The van der Waals surface area contributed by atoms with Gasteiger partial charge in [0.05, 0.1) is 28.6 Å². The Kier molecular flexibility index (Phi) is 3.61. The average Bonchev–Trinajstić information content (AvgIpc) is 2.40. The summed E-state index contributed by atoms with van der Waals surface area (Å²) < 4.78 is 38.0. The lowest BCUT2D eigenvalue weighted by Gasteiger charge is -2.12. The average molecular weight is 277 g/mol. The molecule has 1 aromatic heterocycles. The third kappa shape index (κ3) is 2.88. The Labute approximate surface area is 113 Å². The lowest BCUT2D eigenvalue weighted by atomic mass is 10.1. The Morgan fingerprint density at radius 2 is 2.00 bits per heavy atom. The van der Waals surface area contributed by atoms with Crippen molar-refractivity contribution in [2.24, 2.45) is 0 Å². The van der Waals surface area contributed by atoms with E-state index in [1.165, 1.54) is 12.1 Å². The molecule has 0 unspecified atom stereocenters. The minimum absolute atomic E-state index is 0.408. The molecule has 0 saturated carbocycles. The Morgan fingerprint density at radius 1 is 1.25 bits per heavy atom. The summed E-state index contributed by atoms with van der Waals surface area (Å²) in [6, 6.07) is 8.40. The Morgan fingerprint density at radius 3 is 2.60 bits per heavy atom. The molecule has 0 bridgehead atoms. The first-order valence-corrected chi connectivity index (χ1v) is 5.72. The second-order valence-electron chi connectivity index (χ2n) is 4.13. The van der Waals surface area contributed by atoms with Crippen molar-refractivity contribution in [1.82, 2.24) is 4.98 Å². The summed E-state index contributed by atoms with van der Waals surface area (Å²) in [4.78, 5) is 4.07. The number of benzene rings is 1. The molecule has 0 aliphatic rings. The molecule has 0 aliphatic heterocycles. The maximum absolute atomic E-state index is 12.7. The van der Waals surface area contributed by atoms with Crippen molar-refractivity contribution in [2.75, 3.05) is 5.32 Å². The topological polar surface area (TPSA) is 48.7 Å². The van der Waals surface area contributed by atoms with E-state index < -0.39 is 17.3 Å². The number of rotatable bonds is 2. The summed E-state index contributed by atoms with van der Waals surface area (Å²) in [5.74, 6) is 0. The fourth-order valence-electron chi connectivity index (χ4n) is 1.73. The van der Waals surface area contributed by atoms with E-state index >= 15 is 0 Å². The standard InChI is InChI=1S/C14H10F3N3/c1-9-13(3-2-6-19-9)20-11-4-5-12(14(15,16)17)10(7-11)8-18/h2-7,20H,1H3. The number of nitriles is 1. The highest BCUT2D eigenvalue weighted by Crippen LogP contribution is 2.33. The molecule has 1 heterocycles. The highest BCUT2D eigenvalue weighted by molar-refractivity contribution is 5.64. The van der Waals surface area contributed by atoms with Gasteiger partial charge in [-0.25, -0.2) is 0 Å². The van der Waals surface area contributed by atoms with Gasteiger partial charge >= 0.3 is 6.18 Å². The van der Waals surface area contributed by atoms with Crippen molar-refractivity contribution in [1.29, 1.82) is 5.26 Å². The van der Waals surface area contributed by atoms with Gasteiger partial charge in [0.15, 0.2) is 0 Å². The van der Waals surface area contributed by atoms with Crippen molar-refractivity contribution in [3.8, 4) is 6.07 Å². The van der Waals surface area contributed by atoms with Crippen molar-refractivity contribution >= 4 is 11.4 Å². The van der Waals surface area contributed by atoms with Crippen LogP contribution in [0.25, 0.3) is 0 Å². The van der Waals surface area contributed by atoms with E-state index in [0.29, 0.717) is 17.1 Å². The number of aryl methyl sites for hydroxylation is 1. The van der Waals surface area contributed by atoms with Crippen LogP contribution in [0.15, 0.2) is 36.5 Å². The third-order valence-electron chi connectivity index (χ3n) is 2.73. The van der Waals surface area contributed by atoms with E-state index in [0.717, 1.165) is 6.07 Å². The van der Waals surface area contributed by atoms with Crippen LogP contribution in [0.4, 0.5) is 24.5 Å². The van der Waals surface area contributed by atoms with Gasteiger partial charge < -0.3 is 5.32 Å². The molecule has 0 atom stereocenters. The van der Waals surface area contributed by atoms with Gasteiger partial charge in [-0.3, -0.25) is 4.98 Å². The van der Waals surface area contributed by atoms with E-state index in [1.54, 1.807) is 31.3 Å². The number of pyridine rings is 1. The Bertz CT molecular complexity index is 672. The number of hydrogen-bond donors (Lipinski definition) is 1. The first-order valence-electron chi connectivity index (χ1n) is 5.72. The summed E-state index contributed by atoms with van der Waals surface area (Å²) in [5, 5.41) is 11.8. The van der Waals surface area contributed by atoms with E-state index in [2.05, 4.69) is 10.3 Å². The molecule has 0 amide bonds. The number of nitrogens with zero attached hydrogens (tertiary/aromatic N) is 2. The van der Waals surface area contributed by atoms with E-state index in [9.17, 15) is 13.2 Å². The largest absolute Gasteiger partial charge is 0.417 e. The first kappa shape index (κ1) is 13.9. The summed E-state index contributed by atoms with van der Waals surface area (Å²) in [5.41, 5.74) is 0.449. The molecule has 2 rings (SSSR count). The molecule has 0 radical (unpaired) electrons. The van der Waals surface area contributed by atoms with Gasteiger partial charge in [-0.05, 0) is 37.3 Å². The lowest BCUT2D eigenvalue weighted by Crippen LogP contribution is -2.08. The zero-order valence-electron chi connectivity index (χ0n) is 10.5. The lowest BCUT2D eigenvalue weighted by molar-refractivity contribution is -0.137. The molecule has 0 aliphatic carbocycles. The highest BCUT2D eigenvalue weighted by Gasteiger charge is 2.33. The van der Waals surface area contributed by atoms with E-state index in [1.807, 2.05) is 0 Å². The summed E-state index contributed by atoms with van der Waals surface area (Å²) in [6.45, 7) is 1.78. The van der Waals surface area contributed by atoms with Crippen LogP contribution in [0.1, 0.15) is 16.8 Å². The molecule has 3 nitrogen and oxygen atoms in total. The number of alkyl halides is 3. The predicted octanol–water partition coefficient (Wildman–Crippen LogP) is 4.02. The summed E-state index contributed by atoms with van der Waals surface area (Å²) in [7, 11) is 0. The van der Waals surface area contributed by atoms with Crippen molar-refractivity contribution in [3.63, 3.8) is 0 Å². The van der Waals surface area contributed by atoms with E-state index in [4.69, 9.17) is 5.26 Å². The predicted molar refractivity (Wildman–Crippen MR) is 68.4 cm³/mol. The second-order valence-corrected chi connectivity index (χ2v) is 4.13. The minimum Gasteiger partial charge on any atom is -0.354 e. The molecule has 20 heavy (non-hydrogen) atoms. The monoisotopic (exact) mass is 277 g/mol. The van der Waals surface area contributed by atoms with Crippen LogP contribution >= 0.6 is 0 Å². The second kappa shape index (κ2) is 5.21. The highest BCUT2D eigenvalue weighted by atomic mass is 19.4. The van der Waals surface area contributed by atoms with Crippen LogP contribution < -0.4 is 5.32 Å². The minimum atomic E-state index is -4.53. The van der Waals surface area contributed by atoms with Crippen LogP contribution in [0, 0.1) is 18.3 Å². The molecule has 2 aromatic rings. The SMILES string of the molecule is Cc1ncccc1Nc1ccc(C(F)(F)F)c(C#N)c1. The van der Waals surface area contributed by atoms with Gasteiger partial charge in [0.1, 0.15) is 0 Å². The van der Waals surface area contributed by atoms with Gasteiger partial charge in [0.25, 0.3) is 0 Å². The van der Waals surface area contributed by atoms with Crippen LogP contribution in [-0.2, 0) is 6.18 Å². The number of halogens is 3. The number of hydrogen-bond acceptors (Lipinski definition) is 3. The van der Waals surface area contributed by atoms with Crippen LogP contribution in [-0.4, -0.2) is 4.98 Å². The van der Waals surface area contributed by atoms with Crippen LogP contribution in [0.2, 0.25) is 0 Å². The summed E-state index contributed by atoms with van der Waals surface area (Å²) in [6.07, 6.45) is -2.91. The fourth-order valence-corrected chi connectivity index (χ4v) is 1.73. The van der Waals surface area contributed by atoms with Gasteiger partial charge in [-0.1, -0.05) is 0 Å². The van der Waals surface area contributed by atoms with Gasteiger partial charge in [-0.15, -0.1) is 0 Å². The number of aromatic nitrogens is 1. The Hall–Kier alpha value is -2.55.